The van der Waals surface area contributed by atoms with Crippen LogP contribution in [0, 0.1) is 0 Å². The van der Waals surface area contributed by atoms with E-state index in [1.807, 2.05) is 12.1 Å². The summed E-state index contributed by atoms with van der Waals surface area (Å²) in [5.74, 6) is 1.06. The van der Waals surface area contributed by atoms with Crippen LogP contribution in [-0.4, -0.2) is 32.1 Å². The van der Waals surface area contributed by atoms with Crippen molar-refractivity contribution in [3.05, 3.63) is 29.8 Å². The van der Waals surface area contributed by atoms with Gasteiger partial charge in [0.05, 0.1) is 13.2 Å². The lowest BCUT2D eigenvalue weighted by molar-refractivity contribution is -0.123. The molecule has 1 atom stereocenters. The van der Waals surface area contributed by atoms with Crippen molar-refractivity contribution in [1.29, 1.82) is 0 Å². The Morgan fingerprint density at radius 2 is 2.05 bits per heavy atom. The van der Waals surface area contributed by atoms with Crippen LogP contribution in [0.1, 0.15) is 37.7 Å². The number of rotatable bonds is 7. The maximum absolute atomic E-state index is 11.9. The number of piperidine rings is 1. The van der Waals surface area contributed by atoms with E-state index >= 15 is 0 Å². The second kappa shape index (κ2) is 10.5. The van der Waals surface area contributed by atoms with E-state index in [1.165, 1.54) is 12.0 Å². The number of nitrogens with one attached hydrogen (secondary N) is 2. The molecular formula is C17H27ClN2O2. The SMILES string of the molecule is COc1ccc(CCCCNC(=O)[C@H]2CCCCN2)cc1.Cl. The predicted molar refractivity (Wildman–Crippen MR) is 91.8 cm³/mol. The topological polar surface area (TPSA) is 50.4 Å². The molecule has 22 heavy (non-hydrogen) atoms. The molecule has 2 rings (SSSR count). The molecule has 1 saturated heterocycles. The second-order valence-electron chi connectivity index (χ2n) is 5.60. The Kier molecular flexibility index (Phi) is 8.94. The van der Waals surface area contributed by atoms with Crippen molar-refractivity contribution in [2.75, 3.05) is 20.2 Å². The van der Waals surface area contributed by atoms with Crippen molar-refractivity contribution in [3.63, 3.8) is 0 Å². The molecule has 4 nitrogen and oxygen atoms in total. The molecule has 0 spiro atoms. The molecule has 0 aliphatic carbocycles. The lowest BCUT2D eigenvalue weighted by atomic mass is 10.0. The molecule has 1 heterocycles. The van der Waals surface area contributed by atoms with Gasteiger partial charge < -0.3 is 15.4 Å². The molecule has 1 fully saturated rings. The fourth-order valence-corrected chi connectivity index (χ4v) is 2.66. The molecule has 1 aliphatic heterocycles. The third-order valence-corrected chi connectivity index (χ3v) is 3.98. The van der Waals surface area contributed by atoms with Gasteiger partial charge in [0.1, 0.15) is 5.75 Å². The fourth-order valence-electron chi connectivity index (χ4n) is 2.66. The lowest BCUT2D eigenvalue weighted by Gasteiger charge is -2.22. The van der Waals surface area contributed by atoms with Crippen molar-refractivity contribution in [2.24, 2.45) is 0 Å². The molecule has 5 heteroatoms. The van der Waals surface area contributed by atoms with E-state index in [0.29, 0.717) is 0 Å². The van der Waals surface area contributed by atoms with E-state index < -0.39 is 0 Å². The van der Waals surface area contributed by atoms with E-state index in [0.717, 1.165) is 50.9 Å². The van der Waals surface area contributed by atoms with Crippen LogP contribution in [0.2, 0.25) is 0 Å². The zero-order valence-electron chi connectivity index (χ0n) is 13.3. The van der Waals surface area contributed by atoms with Gasteiger partial charge in [-0.2, -0.15) is 0 Å². The van der Waals surface area contributed by atoms with Crippen LogP contribution in [0.5, 0.6) is 5.75 Å². The predicted octanol–water partition coefficient (Wildman–Crippen LogP) is 2.70. The Bertz CT molecular complexity index is 431. The summed E-state index contributed by atoms with van der Waals surface area (Å²) in [4.78, 5) is 11.9. The molecule has 1 aromatic carbocycles. The van der Waals surface area contributed by atoms with Gasteiger partial charge in [-0.25, -0.2) is 0 Å². The molecule has 0 unspecified atom stereocenters. The van der Waals surface area contributed by atoms with Crippen molar-refractivity contribution in [3.8, 4) is 5.75 Å². The molecule has 0 aromatic heterocycles. The highest BCUT2D eigenvalue weighted by atomic mass is 35.5. The quantitative estimate of drug-likeness (QED) is 0.757. The van der Waals surface area contributed by atoms with Crippen LogP contribution < -0.4 is 15.4 Å². The van der Waals surface area contributed by atoms with Gasteiger partial charge in [-0.15, -0.1) is 12.4 Å². The van der Waals surface area contributed by atoms with Crippen LogP contribution in [0.3, 0.4) is 0 Å². The Hall–Kier alpha value is -1.26. The number of aryl methyl sites for hydroxylation is 1. The summed E-state index contributed by atoms with van der Waals surface area (Å²) in [7, 11) is 1.68. The highest BCUT2D eigenvalue weighted by Gasteiger charge is 2.19. The number of carbonyl (C=O) groups is 1. The van der Waals surface area contributed by atoms with Crippen LogP contribution >= 0.6 is 12.4 Å². The summed E-state index contributed by atoms with van der Waals surface area (Å²) < 4.78 is 5.14. The van der Waals surface area contributed by atoms with E-state index in [-0.39, 0.29) is 24.4 Å². The third-order valence-electron chi connectivity index (χ3n) is 3.98. The monoisotopic (exact) mass is 326 g/mol. The van der Waals surface area contributed by atoms with Crippen LogP contribution in [0.25, 0.3) is 0 Å². The first-order valence-corrected chi connectivity index (χ1v) is 7.93. The van der Waals surface area contributed by atoms with Gasteiger partial charge in [-0.1, -0.05) is 18.6 Å². The van der Waals surface area contributed by atoms with E-state index in [4.69, 9.17) is 4.74 Å². The van der Waals surface area contributed by atoms with Crippen molar-refractivity contribution >= 4 is 18.3 Å². The van der Waals surface area contributed by atoms with Gasteiger partial charge in [-0.3, -0.25) is 4.79 Å². The number of halogens is 1. The molecule has 0 bridgehead atoms. The minimum absolute atomic E-state index is 0. The lowest BCUT2D eigenvalue weighted by Crippen LogP contribution is -2.46. The highest BCUT2D eigenvalue weighted by Crippen LogP contribution is 2.13. The number of hydrogen-bond donors (Lipinski definition) is 2. The number of unbranched alkanes of at least 4 members (excludes halogenated alkanes) is 1. The zero-order valence-corrected chi connectivity index (χ0v) is 14.1. The molecular weight excluding hydrogens is 300 g/mol. The smallest absolute Gasteiger partial charge is 0.237 e. The molecule has 0 saturated carbocycles. The Labute approximate surface area is 139 Å². The average Bonchev–Trinajstić information content (AvgIpc) is 2.55. The molecule has 1 aliphatic rings. The van der Waals surface area contributed by atoms with Gasteiger partial charge in [0.25, 0.3) is 0 Å². The standard InChI is InChI=1S/C17H26N2O2.ClH/c1-21-15-10-8-14(9-11-15)6-2-4-13-19-17(20)16-7-3-5-12-18-16;/h8-11,16,18H,2-7,12-13H2,1H3,(H,19,20);1H/t16-;/m1./s1. The van der Waals surface area contributed by atoms with Crippen LogP contribution in [0.15, 0.2) is 24.3 Å². The molecule has 1 amide bonds. The van der Waals surface area contributed by atoms with Crippen LogP contribution in [0.4, 0.5) is 0 Å². The van der Waals surface area contributed by atoms with E-state index in [9.17, 15) is 4.79 Å². The minimum Gasteiger partial charge on any atom is -0.497 e. The summed E-state index contributed by atoms with van der Waals surface area (Å²) in [6.45, 7) is 1.74. The average molecular weight is 327 g/mol. The largest absolute Gasteiger partial charge is 0.497 e. The van der Waals surface area contributed by atoms with Crippen molar-refractivity contribution < 1.29 is 9.53 Å². The van der Waals surface area contributed by atoms with Gasteiger partial charge in [-0.05, 0) is 56.3 Å². The van der Waals surface area contributed by atoms with Crippen molar-refractivity contribution in [2.45, 2.75) is 44.6 Å². The third kappa shape index (κ3) is 6.24. The zero-order chi connectivity index (χ0) is 14.9. The highest BCUT2D eigenvalue weighted by molar-refractivity contribution is 5.85. The summed E-state index contributed by atoms with van der Waals surface area (Å²) >= 11 is 0. The fraction of sp³-hybridized carbons (Fsp3) is 0.588. The Morgan fingerprint density at radius 1 is 1.27 bits per heavy atom. The summed E-state index contributed by atoms with van der Waals surface area (Å²) in [5, 5.41) is 6.31. The van der Waals surface area contributed by atoms with E-state index in [2.05, 4.69) is 22.8 Å². The normalized spacial score (nSPS) is 17.4. The maximum Gasteiger partial charge on any atom is 0.237 e. The van der Waals surface area contributed by atoms with Gasteiger partial charge in [0.2, 0.25) is 5.91 Å². The summed E-state index contributed by atoms with van der Waals surface area (Å²) in [6.07, 6.45) is 6.46. The van der Waals surface area contributed by atoms with Gasteiger partial charge in [0.15, 0.2) is 0 Å². The first kappa shape index (κ1) is 18.8. The van der Waals surface area contributed by atoms with Gasteiger partial charge >= 0.3 is 0 Å². The first-order chi connectivity index (χ1) is 10.3. The summed E-state index contributed by atoms with van der Waals surface area (Å²) in [6, 6.07) is 8.21. The Balaban J connectivity index is 0.00000242. The number of hydrogen-bond acceptors (Lipinski definition) is 3. The number of ether oxygens (including phenoxy) is 1. The Morgan fingerprint density at radius 3 is 2.68 bits per heavy atom. The van der Waals surface area contributed by atoms with Gasteiger partial charge in [0, 0.05) is 6.54 Å². The molecule has 1 aromatic rings. The maximum atomic E-state index is 11.9. The van der Waals surface area contributed by atoms with Crippen LogP contribution in [-0.2, 0) is 11.2 Å². The number of methoxy groups -OCH3 is 1. The second-order valence-corrected chi connectivity index (χ2v) is 5.60. The molecule has 124 valence electrons. The minimum atomic E-state index is 0. The first-order valence-electron chi connectivity index (χ1n) is 7.93. The number of amides is 1. The molecule has 2 N–H and O–H groups in total. The summed E-state index contributed by atoms with van der Waals surface area (Å²) in [5.41, 5.74) is 1.32. The number of benzene rings is 1. The molecule has 0 radical (unpaired) electrons. The number of carbonyl (C=O) groups excluding carboxylic acids is 1. The van der Waals surface area contributed by atoms with E-state index in [1.54, 1.807) is 7.11 Å². The van der Waals surface area contributed by atoms with Crippen molar-refractivity contribution in [1.82, 2.24) is 10.6 Å².